The summed E-state index contributed by atoms with van der Waals surface area (Å²) in [6.45, 7) is 6.14. The lowest BCUT2D eigenvalue weighted by Crippen LogP contribution is -2.37. The zero-order valence-corrected chi connectivity index (χ0v) is 19.5. The number of morpholine rings is 1. The monoisotopic (exact) mass is 540 g/mol. The van der Waals surface area contributed by atoms with Crippen molar-refractivity contribution in [1.82, 2.24) is 5.32 Å². The third kappa shape index (κ3) is 5.24. The molecule has 0 unspecified atom stereocenters. The van der Waals surface area contributed by atoms with Crippen LogP contribution in [0.2, 0.25) is 0 Å². The number of anilines is 2. The Labute approximate surface area is 193 Å². The number of aryl methyl sites for hydroxylation is 2. The summed E-state index contributed by atoms with van der Waals surface area (Å²) in [5.74, 6) is -0.511. The molecule has 0 spiro atoms. The summed E-state index contributed by atoms with van der Waals surface area (Å²) < 4.78 is 6.47. The number of benzene rings is 2. The van der Waals surface area contributed by atoms with E-state index >= 15 is 0 Å². The Kier molecular flexibility index (Phi) is 7.21. The van der Waals surface area contributed by atoms with Crippen molar-refractivity contribution in [3.05, 3.63) is 60.7 Å². The minimum atomic E-state index is -0.511. The number of nitro groups is 1. The van der Waals surface area contributed by atoms with Gasteiger partial charge >= 0.3 is 0 Å². The number of rotatable bonds is 4. The fraction of sp³-hybridized carbons (Fsp3) is 0.300. The fourth-order valence-corrected chi connectivity index (χ4v) is 3.76. The number of carbonyl (C=O) groups excluding carboxylic acids is 1. The summed E-state index contributed by atoms with van der Waals surface area (Å²) in [7, 11) is 0. The average Bonchev–Trinajstić information content (AvgIpc) is 2.72. The smallest absolute Gasteiger partial charge is 0.293 e. The van der Waals surface area contributed by atoms with Crippen LogP contribution in [0.4, 0.5) is 17.1 Å². The maximum Gasteiger partial charge on any atom is 0.293 e. The van der Waals surface area contributed by atoms with Crippen molar-refractivity contribution in [1.29, 1.82) is 0 Å². The van der Waals surface area contributed by atoms with Gasteiger partial charge in [0, 0.05) is 34.0 Å². The van der Waals surface area contributed by atoms with Gasteiger partial charge in [-0.2, -0.15) is 0 Å². The van der Waals surface area contributed by atoms with E-state index in [-0.39, 0.29) is 16.4 Å². The van der Waals surface area contributed by atoms with Crippen LogP contribution in [0.3, 0.4) is 0 Å². The molecule has 1 amide bonds. The Balaban J connectivity index is 1.73. The number of hydrogen-bond donors (Lipinski definition) is 2. The lowest BCUT2D eigenvalue weighted by Gasteiger charge is -2.28. The van der Waals surface area contributed by atoms with Crippen LogP contribution >= 0.6 is 34.8 Å². The zero-order chi connectivity index (χ0) is 21.8. The van der Waals surface area contributed by atoms with Crippen molar-refractivity contribution < 1.29 is 14.5 Å². The molecule has 8 nitrogen and oxygen atoms in total. The number of nitrogens with one attached hydrogen (secondary N) is 2. The summed E-state index contributed by atoms with van der Waals surface area (Å²) >= 11 is 7.52. The molecule has 0 saturated carbocycles. The molecule has 1 aliphatic heterocycles. The van der Waals surface area contributed by atoms with E-state index < -0.39 is 10.8 Å². The molecular formula is C20H21IN4O4S. The van der Waals surface area contributed by atoms with Crippen LogP contribution in [0.15, 0.2) is 30.3 Å². The Bertz CT molecular complexity index is 985. The number of amides is 1. The van der Waals surface area contributed by atoms with E-state index in [4.69, 9.17) is 17.0 Å². The van der Waals surface area contributed by atoms with Crippen LogP contribution in [0.25, 0.3) is 0 Å². The molecule has 1 aliphatic rings. The van der Waals surface area contributed by atoms with Crippen molar-refractivity contribution in [3.8, 4) is 0 Å². The summed E-state index contributed by atoms with van der Waals surface area (Å²) in [5.41, 5.74) is 3.49. The number of halogens is 1. The molecule has 0 bridgehead atoms. The van der Waals surface area contributed by atoms with E-state index in [9.17, 15) is 14.9 Å². The van der Waals surface area contributed by atoms with Crippen LogP contribution in [0, 0.1) is 27.5 Å². The minimum absolute atomic E-state index is 0.118. The summed E-state index contributed by atoms with van der Waals surface area (Å²) in [6, 6.07) is 8.32. The normalized spacial score (nSPS) is 13.6. The molecule has 158 valence electrons. The highest BCUT2D eigenvalue weighted by molar-refractivity contribution is 14.1. The Hall–Kier alpha value is -2.31. The van der Waals surface area contributed by atoms with Gasteiger partial charge in [0.15, 0.2) is 5.11 Å². The number of ether oxygens (including phenoxy) is 1. The first-order chi connectivity index (χ1) is 14.3. The van der Waals surface area contributed by atoms with Gasteiger partial charge in [0.05, 0.1) is 18.1 Å². The van der Waals surface area contributed by atoms with Gasteiger partial charge in [-0.3, -0.25) is 20.2 Å². The molecule has 0 aliphatic carbocycles. The summed E-state index contributed by atoms with van der Waals surface area (Å²) in [5, 5.41) is 17.3. The predicted octanol–water partition coefficient (Wildman–Crippen LogP) is 3.78. The van der Waals surface area contributed by atoms with Crippen LogP contribution < -0.4 is 15.5 Å². The molecule has 1 heterocycles. The van der Waals surface area contributed by atoms with Gasteiger partial charge in [0.2, 0.25) is 0 Å². The zero-order valence-electron chi connectivity index (χ0n) is 16.5. The Morgan fingerprint density at radius 3 is 2.43 bits per heavy atom. The van der Waals surface area contributed by atoms with Crippen LogP contribution in [-0.4, -0.2) is 42.2 Å². The van der Waals surface area contributed by atoms with Crippen molar-refractivity contribution >= 4 is 62.9 Å². The second-order valence-electron chi connectivity index (χ2n) is 6.89. The third-order valence-corrected chi connectivity index (χ3v) is 6.61. The molecular weight excluding hydrogens is 519 g/mol. The Morgan fingerprint density at radius 1 is 1.20 bits per heavy atom. The van der Waals surface area contributed by atoms with Crippen molar-refractivity contribution in [2.24, 2.45) is 0 Å². The standard InChI is InChI=1S/C20H21IN4O4S/c1-12-9-15(10-13(2)18(12)21)22-20(30)23-19(26)14-3-4-16(17(11-14)25(27)28)24-5-7-29-8-6-24/h3-4,9-11H,5-8H2,1-2H3,(H2,22,23,26,30). The quantitative estimate of drug-likeness (QED) is 0.264. The summed E-state index contributed by atoms with van der Waals surface area (Å²) in [6.07, 6.45) is 0. The van der Waals surface area contributed by atoms with E-state index in [1.54, 1.807) is 12.1 Å². The van der Waals surface area contributed by atoms with E-state index in [2.05, 4.69) is 33.2 Å². The highest BCUT2D eigenvalue weighted by Crippen LogP contribution is 2.30. The number of nitro benzene ring substituents is 1. The van der Waals surface area contributed by atoms with E-state index in [0.29, 0.717) is 32.0 Å². The number of nitrogens with zero attached hydrogens (tertiary/aromatic N) is 2. The van der Waals surface area contributed by atoms with Gasteiger partial charge in [0.1, 0.15) is 5.69 Å². The highest BCUT2D eigenvalue weighted by Gasteiger charge is 2.23. The second kappa shape index (κ2) is 9.67. The fourth-order valence-electron chi connectivity index (χ4n) is 3.24. The molecule has 0 atom stereocenters. The first-order valence-corrected chi connectivity index (χ1v) is 10.7. The third-order valence-electron chi connectivity index (χ3n) is 4.71. The molecule has 0 radical (unpaired) electrons. The molecule has 3 rings (SSSR count). The molecule has 2 N–H and O–H groups in total. The molecule has 1 fully saturated rings. The van der Waals surface area contributed by atoms with Crippen LogP contribution in [0.1, 0.15) is 21.5 Å². The molecule has 0 aromatic heterocycles. The number of hydrogen-bond acceptors (Lipinski definition) is 6. The SMILES string of the molecule is Cc1cc(NC(=S)NC(=O)c2ccc(N3CCOCC3)c([N+](=O)[O-])c2)cc(C)c1I. The maximum atomic E-state index is 12.6. The van der Waals surface area contributed by atoms with Crippen LogP contribution in [-0.2, 0) is 4.74 Å². The average molecular weight is 540 g/mol. The first kappa shape index (κ1) is 22.4. The van der Waals surface area contributed by atoms with Crippen molar-refractivity contribution in [2.45, 2.75) is 13.8 Å². The highest BCUT2D eigenvalue weighted by atomic mass is 127. The van der Waals surface area contributed by atoms with Crippen molar-refractivity contribution in [3.63, 3.8) is 0 Å². The van der Waals surface area contributed by atoms with Crippen LogP contribution in [0.5, 0.6) is 0 Å². The van der Waals surface area contributed by atoms with Gasteiger partial charge in [-0.15, -0.1) is 0 Å². The second-order valence-corrected chi connectivity index (χ2v) is 8.38. The number of carbonyl (C=O) groups is 1. The van der Waals surface area contributed by atoms with E-state index in [1.807, 2.05) is 30.9 Å². The molecule has 1 saturated heterocycles. The molecule has 30 heavy (non-hydrogen) atoms. The summed E-state index contributed by atoms with van der Waals surface area (Å²) in [4.78, 5) is 25.6. The lowest BCUT2D eigenvalue weighted by atomic mass is 10.1. The molecule has 10 heteroatoms. The van der Waals surface area contributed by atoms with E-state index in [1.165, 1.54) is 9.64 Å². The largest absolute Gasteiger partial charge is 0.378 e. The topological polar surface area (TPSA) is 96.7 Å². The van der Waals surface area contributed by atoms with Gasteiger partial charge in [-0.1, -0.05) is 0 Å². The van der Waals surface area contributed by atoms with Crippen molar-refractivity contribution in [2.75, 3.05) is 36.5 Å². The van der Waals surface area contributed by atoms with E-state index in [0.717, 1.165) is 16.8 Å². The molecule has 2 aromatic rings. The maximum absolute atomic E-state index is 12.6. The predicted molar refractivity (Wildman–Crippen MR) is 128 cm³/mol. The van der Waals surface area contributed by atoms with Gasteiger partial charge in [-0.05, 0) is 84.0 Å². The van der Waals surface area contributed by atoms with Gasteiger partial charge in [0.25, 0.3) is 11.6 Å². The Morgan fingerprint density at radius 2 is 1.83 bits per heavy atom. The minimum Gasteiger partial charge on any atom is -0.378 e. The molecule has 2 aromatic carbocycles. The lowest BCUT2D eigenvalue weighted by molar-refractivity contribution is -0.384. The van der Waals surface area contributed by atoms with Gasteiger partial charge in [-0.25, -0.2) is 0 Å². The number of thiocarbonyl (C=S) groups is 1. The van der Waals surface area contributed by atoms with Gasteiger partial charge < -0.3 is 15.0 Å². The first-order valence-electron chi connectivity index (χ1n) is 9.26.